The van der Waals surface area contributed by atoms with Crippen LogP contribution in [0.3, 0.4) is 0 Å². The number of methoxy groups -OCH3 is 1. The van der Waals surface area contributed by atoms with Gasteiger partial charge in [0.15, 0.2) is 0 Å². The van der Waals surface area contributed by atoms with Gasteiger partial charge in [0.05, 0.1) is 7.11 Å². The van der Waals surface area contributed by atoms with Gasteiger partial charge >= 0.3 is 0 Å². The van der Waals surface area contributed by atoms with Crippen molar-refractivity contribution >= 4 is 0 Å². The van der Waals surface area contributed by atoms with E-state index in [1.165, 1.54) is 51.1 Å². The first kappa shape index (κ1) is 15.2. The number of piperazine rings is 1. The number of para-hydroxylation sites is 1. The molecule has 1 saturated carbocycles. The fourth-order valence-corrected chi connectivity index (χ4v) is 4.64. The summed E-state index contributed by atoms with van der Waals surface area (Å²) in [5.41, 5.74) is 1.31. The molecule has 0 radical (unpaired) electrons. The SMILES string of the molecule is COc1ccccc1CN1CCN(C[C@H]2C[C@@H]3C=C[C@@H]2C3)CC1. The van der Waals surface area contributed by atoms with Gasteiger partial charge in [-0.15, -0.1) is 0 Å². The van der Waals surface area contributed by atoms with Crippen LogP contribution in [0.15, 0.2) is 36.4 Å². The monoisotopic (exact) mass is 312 g/mol. The third-order valence-corrected chi connectivity index (χ3v) is 5.96. The average molecular weight is 312 g/mol. The Morgan fingerprint density at radius 1 is 1.00 bits per heavy atom. The van der Waals surface area contributed by atoms with Crippen LogP contribution < -0.4 is 4.74 Å². The number of hydrogen-bond acceptors (Lipinski definition) is 3. The molecule has 124 valence electrons. The molecule has 0 aromatic heterocycles. The third-order valence-electron chi connectivity index (χ3n) is 5.96. The molecule has 4 rings (SSSR count). The molecule has 0 spiro atoms. The van der Waals surface area contributed by atoms with Gasteiger partial charge in [-0.05, 0) is 36.7 Å². The Labute approximate surface area is 139 Å². The molecule has 3 atom stereocenters. The van der Waals surface area contributed by atoms with E-state index in [0.717, 1.165) is 30.0 Å². The van der Waals surface area contributed by atoms with E-state index >= 15 is 0 Å². The van der Waals surface area contributed by atoms with E-state index in [9.17, 15) is 0 Å². The van der Waals surface area contributed by atoms with E-state index in [1.54, 1.807) is 7.11 Å². The van der Waals surface area contributed by atoms with Crippen molar-refractivity contribution in [1.82, 2.24) is 9.80 Å². The zero-order chi connectivity index (χ0) is 15.6. The van der Waals surface area contributed by atoms with Crippen molar-refractivity contribution in [3.63, 3.8) is 0 Å². The van der Waals surface area contributed by atoms with E-state index in [1.807, 2.05) is 6.07 Å². The molecule has 2 bridgehead atoms. The van der Waals surface area contributed by atoms with Gasteiger partial charge in [-0.25, -0.2) is 0 Å². The molecular weight excluding hydrogens is 284 g/mol. The Hall–Kier alpha value is -1.32. The van der Waals surface area contributed by atoms with Crippen molar-refractivity contribution in [2.45, 2.75) is 19.4 Å². The van der Waals surface area contributed by atoms with E-state index < -0.39 is 0 Å². The molecule has 1 aromatic carbocycles. The highest BCUT2D eigenvalue weighted by Crippen LogP contribution is 2.43. The lowest BCUT2D eigenvalue weighted by Crippen LogP contribution is -2.47. The predicted molar refractivity (Wildman–Crippen MR) is 93.6 cm³/mol. The van der Waals surface area contributed by atoms with Gasteiger partial charge in [0, 0.05) is 44.8 Å². The molecule has 0 N–H and O–H groups in total. The maximum absolute atomic E-state index is 5.48. The minimum Gasteiger partial charge on any atom is -0.496 e. The molecule has 1 saturated heterocycles. The summed E-state index contributed by atoms with van der Waals surface area (Å²) in [7, 11) is 1.76. The van der Waals surface area contributed by atoms with Crippen LogP contribution in [0, 0.1) is 17.8 Å². The predicted octanol–water partition coefficient (Wildman–Crippen LogP) is 3.03. The number of hydrogen-bond donors (Lipinski definition) is 0. The molecular formula is C20H28N2O. The van der Waals surface area contributed by atoms with Crippen molar-refractivity contribution in [3.05, 3.63) is 42.0 Å². The van der Waals surface area contributed by atoms with Crippen LogP contribution in [0.4, 0.5) is 0 Å². The summed E-state index contributed by atoms with van der Waals surface area (Å²) in [6.45, 7) is 7.10. The molecule has 0 amide bonds. The van der Waals surface area contributed by atoms with Gasteiger partial charge in [-0.2, -0.15) is 0 Å². The number of benzene rings is 1. The van der Waals surface area contributed by atoms with Crippen LogP contribution in [-0.4, -0.2) is 49.6 Å². The van der Waals surface area contributed by atoms with E-state index in [2.05, 4.69) is 40.2 Å². The molecule has 1 aromatic rings. The lowest BCUT2D eigenvalue weighted by Gasteiger charge is -2.37. The van der Waals surface area contributed by atoms with Crippen LogP contribution >= 0.6 is 0 Å². The smallest absolute Gasteiger partial charge is 0.123 e. The second-order valence-corrected chi connectivity index (χ2v) is 7.43. The summed E-state index contributed by atoms with van der Waals surface area (Å²) in [4.78, 5) is 5.26. The standard InChI is InChI=1S/C20H28N2O/c1-23-20-5-3-2-4-18(20)14-21-8-10-22(11-9-21)15-19-13-16-6-7-17(19)12-16/h2-7,16-17,19H,8-15H2,1H3/t16-,17-,19-/m1/s1. The Morgan fingerprint density at radius 3 is 2.48 bits per heavy atom. The summed E-state index contributed by atoms with van der Waals surface area (Å²) in [6, 6.07) is 8.40. The third kappa shape index (κ3) is 3.31. The van der Waals surface area contributed by atoms with Crippen LogP contribution in [0.5, 0.6) is 5.75 Å². The molecule has 23 heavy (non-hydrogen) atoms. The van der Waals surface area contributed by atoms with E-state index in [0.29, 0.717) is 0 Å². The first-order chi connectivity index (χ1) is 11.3. The lowest BCUT2D eigenvalue weighted by atomic mass is 9.93. The van der Waals surface area contributed by atoms with Crippen molar-refractivity contribution in [2.75, 3.05) is 39.8 Å². The second-order valence-electron chi connectivity index (χ2n) is 7.43. The summed E-state index contributed by atoms with van der Waals surface area (Å²) in [6.07, 6.45) is 7.80. The molecule has 3 nitrogen and oxygen atoms in total. The van der Waals surface area contributed by atoms with Gasteiger partial charge in [0.25, 0.3) is 0 Å². The molecule has 3 aliphatic rings. The van der Waals surface area contributed by atoms with Crippen molar-refractivity contribution in [3.8, 4) is 5.75 Å². The quantitative estimate of drug-likeness (QED) is 0.777. The first-order valence-electron chi connectivity index (χ1n) is 9.07. The van der Waals surface area contributed by atoms with Crippen molar-refractivity contribution in [1.29, 1.82) is 0 Å². The van der Waals surface area contributed by atoms with Crippen molar-refractivity contribution in [2.24, 2.45) is 17.8 Å². The molecule has 0 unspecified atom stereocenters. The van der Waals surface area contributed by atoms with Crippen LogP contribution in [0.2, 0.25) is 0 Å². The van der Waals surface area contributed by atoms with Crippen LogP contribution in [-0.2, 0) is 6.54 Å². The van der Waals surface area contributed by atoms with Gasteiger partial charge in [0.2, 0.25) is 0 Å². The fraction of sp³-hybridized carbons (Fsp3) is 0.600. The highest BCUT2D eigenvalue weighted by molar-refractivity contribution is 5.33. The molecule has 1 aliphatic heterocycles. The lowest BCUT2D eigenvalue weighted by molar-refractivity contribution is 0.108. The Kier molecular flexibility index (Phi) is 4.41. The van der Waals surface area contributed by atoms with Crippen LogP contribution in [0.25, 0.3) is 0 Å². The van der Waals surface area contributed by atoms with Crippen molar-refractivity contribution < 1.29 is 4.74 Å². The highest BCUT2D eigenvalue weighted by atomic mass is 16.5. The number of nitrogens with zero attached hydrogens (tertiary/aromatic N) is 2. The zero-order valence-corrected chi connectivity index (χ0v) is 14.2. The Bertz CT molecular complexity index is 563. The number of fused-ring (bicyclic) bond motifs is 2. The Morgan fingerprint density at radius 2 is 1.78 bits per heavy atom. The van der Waals surface area contributed by atoms with E-state index in [-0.39, 0.29) is 0 Å². The van der Waals surface area contributed by atoms with Gasteiger partial charge in [-0.3, -0.25) is 4.90 Å². The molecule has 3 heteroatoms. The maximum atomic E-state index is 5.48. The molecule has 1 heterocycles. The molecule has 2 aliphatic carbocycles. The Balaban J connectivity index is 1.27. The fourth-order valence-electron chi connectivity index (χ4n) is 4.64. The summed E-state index contributed by atoms with van der Waals surface area (Å²) < 4.78 is 5.48. The number of rotatable bonds is 5. The minimum atomic E-state index is 0.881. The number of allylic oxidation sites excluding steroid dienone is 2. The summed E-state index contributed by atoms with van der Waals surface area (Å²) >= 11 is 0. The van der Waals surface area contributed by atoms with Gasteiger partial charge in [0.1, 0.15) is 5.75 Å². The molecule has 2 fully saturated rings. The zero-order valence-electron chi connectivity index (χ0n) is 14.2. The van der Waals surface area contributed by atoms with Gasteiger partial charge < -0.3 is 9.64 Å². The number of ether oxygens (including phenoxy) is 1. The van der Waals surface area contributed by atoms with E-state index in [4.69, 9.17) is 4.74 Å². The van der Waals surface area contributed by atoms with Crippen LogP contribution in [0.1, 0.15) is 18.4 Å². The maximum Gasteiger partial charge on any atom is 0.123 e. The largest absolute Gasteiger partial charge is 0.496 e. The minimum absolute atomic E-state index is 0.881. The summed E-state index contributed by atoms with van der Waals surface area (Å²) in [5, 5.41) is 0. The summed E-state index contributed by atoms with van der Waals surface area (Å²) in [5.74, 6) is 3.72. The highest BCUT2D eigenvalue weighted by Gasteiger charge is 2.36. The average Bonchev–Trinajstić information content (AvgIpc) is 3.20. The normalized spacial score (nSPS) is 30.9. The topological polar surface area (TPSA) is 15.7 Å². The van der Waals surface area contributed by atoms with Gasteiger partial charge in [-0.1, -0.05) is 30.4 Å². The second kappa shape index (κ2) is 6.66. The first-order valence-corrected chi connectivity index (χ1v) is 9.07.